The van der Waals surface area contributed by atoms with E-state index in [1.807, 2.05) is 0 Å². The van der Waals surface area contributed by atoms with Crippen molar-refractivity contribution in [2.75, 3.05) is 0 Å². The lowest BCUT2D eigenvalue weighted by atomic mass is 10.0. The van der Waals surface area contributed by atoms with E-state index < -0.39 is 11.7 Å². The number of hydrogen-bond acceptors (Lipinski definition) is 2. The molecule has 1 N–H and O–H groups in total. The van der Waals surface area contributed by atoms with E-state index in [0.717, 1.165) is 11.6 Å². The highest BCUT2D eigenvalue weighted by Crippen LogP contribution is 2.32. The van der Waals surface area contributed by atoms with Gasteiger partial charge in [-0.3, -0.25) is 0 Å². The maximum absolute atomic E-state index is 13.1. The van der Waals surface area contributed by atoms with Crippen LogP contribution in [-0.4, -0.2) is 14.7 Å². The number of hydrogen-bond donors (Lipinski definition) is 1. The molecule has 3 aromatic rings. The predicted octanol–water partition coefficient (Wildman–Crippen LogP) is 4.25. The third-order valence-electron chi connectivity index (χ3n) is 3.76. The molecule has 0 radical (unpaired) electrons. The van der Waals surface area contributed by atoms with Crippen molar-refractivity contribution in [2.24, 2.45) is 0 Å². The largest absolute Gasteiger partial charge is 0.508 e. The highest BCUT2D eigenvalue weighted by atomic mass is 19.4. The molecule has 1 aromatic heterocycles. The number of aromatic hydroxyl groups is 1. The summed E-state index contributed by atoms with van der Waals surface area (Å²) in [6, 6.07) is 12.2. The Hall–Kier alpha value is -2.76. The van der Waals surface area contributed by atoms with Gasteiger partial charge in [-0.05, 0) is 29.3 Å². The maximum Gasteiger partial charge on any atom is 0.416 e. The summed E-state index contributed by atoms with van der Waals surface area (Å²) in [4.78, 5) is 4.19. The molecule has 0 amide bonds. The number of nitrogens with zero attached hydrogens (tertiary/aromatic N) is 2. The second kappa shape index (κ2) is 6.39. The number of imidazole rings is 1. The number of aromatic nitrogens is 2. The predicted molar refractivity (Wildman–Crippen MR) is 83.7 cm³/mol. The van der Waals surface area contributed by atoms with Crippen LogP contribution < -0.4 is 0 Å². The molecule has 0 aliphatic heterocycles. The smallest absolute Gasteiger partial charge is 0.416 e. The minimum atomic E-state index is -4.38. The standard InChI is InChI=1S/C18H15F3N2O/c19-18(20,21)16-4-2-1-3-14(16)11-17-22-9-10-23(17)12-13-5-7-15(24)8-6-13/h1-10,24H,11-12H2. The molecule has 6 heteroatoms. The molecule has 0 saturated heterocycles. The SMILES string of the molecule is Oc1ccc(Cn2ccnc2Cc2ccccc2C(F)(F)F)cc1. The van der Waals surface area contributed by atoms with E-state index in [-0.39, 0.29) is 17.7 Å². The van der Waals surface area contributed by atoms with Crippen LogP contribution in [0.2, 0.25) is 0 Å². The van der Waals surface area contributed by atoms with E-state index in [1.165, 1.54) is 12.1 Å². The number of benzene rings is 2. The van der Waals surface area contributed by atoms with E-state index in [0.29, 0.717) is 12.4 Å². The summed E-state index contributed by atoms with van der Waals surface area (Å²) < 4.78 is 41.1. The van der Waals surface area contributed by atoms with Crippen molar-refractivity contribution < 1.29 is 18.3 Å². The van der Waals surface area contributed by atoms with Gasteiger partial charge in [-0.15, -0.1) is 0 Å². The molecule has 0 saturated carbocycles. The lowest BCUT2D eigenvalue weighted by molar-refractivity contribution is -0.138. The van der Waals surface area contributed by atoms with E-state index in [1.54, 1.807) is 47.3 Å². The topological polar surface area (TPSA) is 38.0 Å². The van der Waals surface area contributed by atoms with Crippen LogP contribution in [0.15, 0.2) is 60.9 Å². The van der Waals surface area contributed by atoms with Crippen LogP contribution in [0, 0.1) is 0 Å². The molecule has 0 aliphatic carbocycles. The Morgan fingerprint density at radius 2 is 1.71 bits per heavy atom. The average molecular weight is 332 g/mol. The fourth-order valence-electron chi connectivity index (χ4n) is 2.57. The second-order valence-corrected chi connectivity index (χ2v) is 5.47. The Morgan fingerprint density at radius 1 is 1.00 bits per heavy atom. The number of phenolic OH excluding ortho intramolecular Hbond substituents is 1. The van der Waals surface area contributed by atoms with E-state index >= 15 is 0 Å². The highest BCUT2D eigenvalue weighted by molar-refractivity contribution is 5.32. The normalized spacial score (nSPS) is 11.6. The van der Waals surface area contributed by atoms with Crippen molar-refractivity contribution >= 4 is 0 Å². The van der Waals surface area contributed by atoms with Crippen LogP contribution in [0.1, 0.15) is 22.5 Å². The summed E-state index contributed by atoms with van der Waals surface area (Å²) in [6.45, 7) is 0.476. The van der Waals surface area contributed by atoms with Gasteiger partial charge in [-0.25, -0.2) is 4.98 Å². The van der Waals surface area contributed by atoms with Crippen LogP contribution >= 0.6 is 0 Å². The maximum atomic E-state index is 13.1. The molecular formula is C18H15F3N2O. The fourth-order valence-corrected chi connectivity index (χ4v) is 2.57. The van der Waals surface area contributed by atoms with Gasteiger partial charge in [0, 0.05) is 25.4 Å². The number of halogens is 3. The van der Waals surface area contributed by atoms with Crippen molar-refractivity contribution in [1.29, 1.82) is 0 Å². The first-order chi connectivity index (χ1) is 11.4. The number of alkyl halides is 3. The van der Waals surface area contributed by atoms with E-state index in [2.05, 4.69) is 4.98 Å². The molecule has 24 heavy (non-hydrogen) atoms. The Bertz CT molecular complexity index is 823. The molecule has 0 atom stereocenters. The summed E-state index contributed by atoms with van der Waals surface area (Å²) >= 11 is 0. The Balaban J connectivity index is 1.85. The molecule has 2 aromatic carbocycles. The van der Waals surface area contributed by atoms with Crippen LogP contribution in [0.3, 0.4) is 0 Å². The van der Waals surface area contributed by atoms with Gasteiger partial charge >= 0.3 is 6.18 Å². The first-order valence-corrected chi connectivity index (χ1v) is 7.36. The molecule has 0 unspecified atom stereocenters. The lowest BCUT2D eigenvalue weighted by Crippen LogP contribution is -2.11. The first-order valence-electron chi connectivity index (χ1n) is 7.36. The summed E-state index contributed by atoms with van der Waals surface area (Å²) in [6.07, 6.45) is -0.976. The van der Waals surface area contributed by atoms with Crippen molar-refractivity contribution in [1.82, 2.24) is 9.55 Å². The van der Waals surface area contributed by atoms with Gasteiger partial charge in [-0.2, -0.15) is 13.2 Å². The lowest BCUT2D eigenvalue weighted by Gasteiger charge is -2.13. The average Bonchev–Trinajstić information content (AvgIpc) is 2.96. The van der Waals surface area contributed by atoms with Gasteiger partial charge < -0.3 is 9.67 Å². The number of rotatable bonds is 4. The quantitative estimate of drug-likeness (QED) is 0.776. The summed E-state index contributed by atoms with van der Waals surface area (Å²) in [5.41, 5.74) is 0.489. The van der Waals surface area contributed by atoms with Crippen molar-refractivity contribution in [3.63, 3.8) is 0 Å². The Morgan fingerprint density at radius 3 is 2.42 bits per heavy atom. The molecule has 0 spiro atoms. The zero-order valence-corrected chi connectivity index (χ0v) is 12.7. The van der Waals surface area contributed by atoms with Gasteiger partial charge in [0.05, 0.1) is 5.56 Å². The molecule has 1 heterocycles. The second-order valence-electron chi connectivity index (χ2n) is 5.47. The molecular weight excluding hydrogens is 317 g/mol. The molecule has 124 valence electrons. The number of phenols is 1. The summed E-state index contributed by atoms with van der Waals surface area (Å²) in [5.74, 6) is 0.725. The summed E-state index contributed by atoms with van der Waals surface area (Å²) in [7, 11) is 0. The Labute approximate surface area is 137 Å². The van der Waals surface area contributed by atoms with Gasteiger partial charge in [-0.1, -0.05) is 30.3 Å². The van der Waals surface area contributed by atoms with Gasteiger partial charge in [0.25, 0.3) is 0 Å². The van der Waals surface area contributed by atoms with Crippen LogP contribution in [0.25, 0.3) is 0 Å². The molecule has 0 bridgehead atoms. The van der Waals surface area contributed by atoms with E-state index in [9.17, 15) is 18.3 Å². The van der Waals surface area contributed by atoms with Gasteiger partial charge in [0.2, 0.25) is 0 Å². The molecule has 3 nitrogen and oxygen atoms in total. The van der Waals surface area contributed by atoms with Gasteiger partial charge in [0.1, 0.15) is 11.6 Å². The molecule has 0 aliphatic rings. The van der Waals surface area contributed by atoms with Crippen molar-refractivity contribution in [3.8, 4) is 5.75 Å². The van der Waals surface area contributed by atoms with E-state index in [4.69, 9.17) is 0 Å². The Kier molecular flexibility index (Phi) is 4.29. The van der Waals surface area contributed by atoms with Crippen LogP contribution in [-0.2, 0) is 19.1 Å². The third-order valence-corrected chi connectivity index (χ3v) is 3.76. The summed E-state index contributed by atoms with van der Waals surface area (Å²) in [5, 5.41) is 9.31. The zero-order valence-electron chi connectivity index (χ0n) is 12.7. The zero-order chi connectivity index (χ0) is 17.2. The molecule has 3 rings (SSSR count). The highest BCUT2D eigenvalue weighted by Gasteiger charge is 2.33. The van der Waals surface area contributed by atoms with Crippen molar-refractivity contribution in [3.05, 3.63) is 83.4 Å². The first kappa shape index (κ1) is 16.1. The van der Waals surface area contributed by atoms with Crippen LogP contribution in [0.4, 0.5) is 13.2 Å². The fraction of sp³-hybridized carbons (Fsp3) is 0.167. The minimum Gasteiger partial charge on any atom is -0.508 e. The monoisotopic (exact) mass is 332 g/mol. The van der Waals surface area contributed by atoms with Crippen molar-refractivity contribution in [2.45, 2.75) is 19.1 Å². The molecule has 0 fully saturated rings. The van der Waals surface area contributed by atoms with Crippen LogP contribution in [0.5, 0.6) is 5.75 Å². The third kappa shape index (κ3) is 3.59. The van der Waals surface area contributed by atoms with Gasteiger partial charge in [0.15, 0.2) is 0 Å². The minimum absolute atomic E-state index is 0.0980.